The maximum absolute atomic E-state index is 4.11. The minimum Gasteiger partial charge on any atom is -0.265 e. The van der Waals surface area contributed by atoms with Gasteiger partial charge in [0.2, 0.25) is 5.69 Å². The van der Waals surface area contributed by atoms with Crippen molar-refractivity contribution in [3.05, 3.63) is 72.7 Å². The van der Waals surface area contributed by atoms with Crippen LogP contribution in [0.4, 0.5) is 0 Å². The predicted molar refractivity (Wildman–Crippen MR) is 81.0 cm³/mol. The van der Waals surface area contributed by atoms with Gasteiger partial charge in [-0.15, -0.1) is 0 Å². The molecule has 0 saturated heterocycles. The molecule has 0 fully saturated rings. The first-order chi connectivity index (χ1) is 9.77. The molecule has 2 heteroatoms. The second-order valence-electron chi connectivity index (χ2n) is 4.93. The Morgan fingerprint density at radius 1 is 0.900 bits per heavy atom. The maximum Gasteiger partial charge on any atom is 0.213 e. The summed E-state index contributed by atoms with van der Waals surface area (Å²) in [7, 11) is 2.08. The van der Waals surface area contributed by atoms with E-state index < -0.39 is 0 Å². The van der Waals surface area contributed by atoms with Crippen LogP contribution in [0.3, 0.4) is 0 Å². The van der Waals surface area contributed by atoms with Gasteiger partial charge in [-0.25, -0.2) is 4.57 Å². The molecule has 2 aromatic heterocycles. The summed E-state index contributed by atoms with van der Waals surface area (Å²) in [6.45, 7) is 2.16. The number of hydrogen-bond donors (Lipinski definition) is 0. The monoisotopic (exact) mass is 261 g/mol. The quantitative estimate of drug-likeness (QED) is 0.645. The largest absolute Gasteiger partial charge is 0.265 e. The molecule has 2 heterocycles. The summed E-state index contributed by atoms with van der Waals surface area (Å²) < 4.78 is 2.16. The van der Waals surface area contributed by atoms with Gasteiger partial charge in [-0.2, -0.15) is 0 Å². The Morgan fingerprint density at radius 2 is 1.70 bits per heavy atom. The van der Waals surface area contributed by atoms with Crippen LogP contribution < -0.4 is 4.57 Å². The van der Waals surface area contributed by atoms with E-state index in [9.17, 15) is 0 Å². The number of benzene rings is 1. The SMILES string of the molecule is Cc1cccc(-c2ccncc2)c1-c1cccc[n+]1C. The van der Waals surface area contributed by atoms with Crippen molar-refractivity contribution >= 4 is 0 Å². The van der Waals surface area contributed by atoms with Crippen molar-refractivity contribution in [3.63, 3.8) is 0 Å². The van der Waals surface area contributed by atoms with Crippen molar-refractivity contribution in [2.45, 2.75) is 6.92 Å². The van der Waals surface area contributed by atoms with Crippen LogP contribution in [0.15, 0.2) is 67.1 Å². The van der Waals surface area contributed by atoms with E-state index in [1.165, 1.54) is 27.9 Å². The van der Waals surface area contributed by atoms with E-state index in [0.29, 0.717) is 0 Å². The zero-order chi connectivity index (χ0) is 13.9. The van der Waals surface area contributed by atoms with Gasteiger partial charge in [0.15, 0.2) is 6.20 Å². The van der Waals surface area contributed by atoms with Crippen LogP contribution in [0.25, 0.3) is 22.4 Å². The van der Waals surface area contributed by atoms with Crippen LogP contribution in [-0.4, -0.2) is 4.98 Å². The van der Waals surface area contributed by atoms with Crippen molar-refractivity contribution in [2.24, 2.45) is 7.05 Å². The van der Waals surface area contributed by atoms with E-state index in [4.69, 9.17) is 0 Å². The third kappa shape index (κ3) is 2.21. The predicted octanol–water partition coefficient (Wildman–Crippen LogP) is 3.55. The highest BCUT2D eigenvalue weighted by Crippen LogP contribution is 2.32. The van der Waals surface area contributed by atoms with Gasteiger partial charge in [-0.05, 0) is 41.8 Å². The summed E-state index contributed by atoms with van der Waals surface area (Å²) >= 11 is 0. The lowest BCUT2D eigenvalue weighted by molar-refractivity contribution is -0.660. The van der Waals surface area contributed by atoms with Crippen LogP contribution in [-0.2, 0) is 7.05 Å². The number of pyridine rings is 2. The third-order valence-corrected chi connectivity index (χ3v) is 3.58. The lowest BCUT2D eigenvalue weighted by Crippen LogP contribution is -2.30. The molecular weight excluding hydrogens is 244 g/mol. The van der Waals surface area contributed by atoms with Gasteiger partial charge < -0.3 is 0 Å². The molecule has 0 saturated carbocycles. The average molecular weight is 261 g/mol. The van der Waals surface area contributed by atoms with Crippen molar-refractivity contribution < 1.29 is 4.57 Å². The molecule has 0 atom stereocenters. The highest BCUT2D eigenvalue weighted by molar-refractivity contribution is 5.82. The van der Waals surface area contributed by atoms with E-state index >= 15 is 0 Å². The van der Waals surface area contributed by atoms with Crippen molar-refractivity contribution in [3.8, 4) is 22.4 Å². The molecule has 0 spiro atoms. The van der Waals surface area contributed by atoms with E-state index in [1.54, 1.807) is 0 Å². The van der Waals surface area contributed by atoms with E-state index in [2.05, 4.69) is 72.2 Å². The molecular formula is C18H17N2+. The Hall–Kier alpha value is -2.48. The summed E-state index contributed by atoms with van der Waals surface area (Å²) in [5.74, 6) is 0. The van der Waals surface area contributed by atoms with E-state index in [-0.39, 0.29) is 0 Å². The zero-order valence-corrected chi connectivity index (χ0v) is 11.7. The van der Waals surface area contributed by atoms with Gasteiger partial charge in [0.1, 0.15) is 7.05 Å². The minimum atomic E-state index is 1.20. The van der Waals surface area contributed by atoms with E-state index in [0.717, 1.165) is 0 Å². The normalized spacial score (nSPS) is 10.5. The average Bonchev–Trinajstić information content (AvgIpc) is 2.49. The van der Waals surface area contributed by atoms with Crippen molar-refractivity contribution in [1.29, 1.82) is 0 Å². The summed E-state index contributed by atoms with van der Waals surface area (Å²) in [6, 6.07) is 16.8. The highest BCUT2D eigenvalue weighted by Gasteiger charge is 2.16. The number of hydrogen-bond acceptors (Lipinski definition) is 1. The lowest BCUT2D eigenvalue weighted by atomic mass is 9.94. The Bertz CT molecular complexity index is 733. The summed E-state index contributed by atoms with van der Waals surface area (Å²) in [5, 5.41) is 0. The zero-order valence-electron chi connectivity index (χ0n) is 11.7. The van der Waals surface area contributed by atoms with E-state index in [1.807, 2.05) is 18.5 Å². The van der Waals surface area contributed by atoms with Gasteiger partial charge in [0, 0.05) is 24.5 Å². The number of rotatable bonds is 2. The molecule has 0 aliphatic rings. The van der Waals surface area contributed by atoms with Crippen LogP contribution in [0.2, 0.25) is 0 Å². The van der Waals surface area contributed by atoms with Gasteiger partial charge >= 0.3 is 0 Å². The van der Waals surface area contributed by atoms with Crippen LogP contribution in [0.5, 0.6) is 0 Å². The molecule has 0 aliphatic carbocycles. The minimum absolute atomic E-state index is 1.20. The standard InChI is InChI=1S/C18H17N2/c1-14-6-5-7-16(15-9-11-19-12-10-15)18(14)17-8-3-4-13-20(17)2/h3-13H,1-2H3/q+1. The van der Waals surface area contributed by atoms with Crippen molar-refractivity contribution in [2.75, 3.05) is 0 Å². The fourth-order valence-corrected chi connectivity index (χ4v) is 2.56. The molecule has 98 valence electrons. The number of aryl methyl sites for hydroxylation is 2. The second-order valence-corrected chi connectivity index (χ2v) is 4.93. The number of nitrogens with zero attached hydrogens (tertiary/aromatic N) is 2. The molecule has 3 aromatic rings. The molecule has 0 N–H and O–H groups in total. The highest BCUT2D eigenvalue weighted by atomic mass is 14.9. The molecule has 2 nitrogen and oxygen atoms in total. The molecule has 0 radical (unpaired) electrons. The Balaban J connectivity index is 2.29. The number of aromatic nitrogens is 2. The molecule has 3 rings (SSSR count). The Labute approximate surface area is 119 Å². The van der Waals surface area contributed by atoms with Gasteiger partial charge in [-0.1, -0.05) is 18.2 Å². The Morgan fingerprint density at radius 3 is 2.45 bits per heavy atom. The van der Waals surface area contributed by atoms with Crippen LogP contribution >= 0.6 is 0 Å². The topological polar surface area (TPSA) is 16.8 Å². The molecule has 1 aromatic carbocycles. The third-order valence-electron chi connectivity index (χ3n) is 3.58. The molecule has 20 heavy (non-hydrogen) atoms. The molecule has 0 bridgehead atoms. The van der Waals surface area contributed by atoms with Gasteiger partial charge in [-0.3, -0.25) is 4.98 Å². The lowest BCUT2D eigenvalue weighted by Gasteiger charge is -2.11. The molecule has 0 amide bonds. The second kappa shape index (κ2) is 5.25. The summed E-state index contributed by atoms with van der Waals surface area (Å²) in [4.78, 5) is 4.11. The molecule has 0 unspecified atom stereocenters. The maximum atomic E-state index is 4.11. The summed E-state index contributed by atoms with van der Waals surface area (Å²) in [5.41, 5.74) is 6.22. The first-order valence-electron chi connectivity index (χ1n) is 6.72. The van der Waals surface area contributed by atoms with Gasteiger partial charge in [0.05, 0.1) is 5.56 Å². The van der Waals surface area contributed by atoms with Crippen LogP contribution in [0.1, 0.15) is 5.56 Å². The fraction of sp³-hybridized carbons (Fsp3) is 0.111. The first kappa shape index (κ1) is 12.5. The summed E-state index contributed by atoms with van der Waals surface area (Å²) in [6.07, 6.45) is 5.76. The van der Waals surface area contributed by atoms with Crippen LogP contribution in [0, 0.1) is 6.92 Å². The first-order valence-corrected chi connectivity index (χ1v) is 6.72. The van der Waals surface area contributed by atoms with Crippen molar-refractivity contribution in [1.82, 2.24) is 4.98 Å². The van der Waals surface area contributed by atoms with Gasteiger partial charge in [0.25, 0.3) is 0 Å². The fourth-order valence-electron chi connectivity index (χ4n) is 2.56. The Kier molecular flexibility index (Phi) is 3.30. The molecule has 0 aliphatic heterocycles. The smallest absolute Gasteiger partial charge is 0.213 e.